The summed E-state index contributed by atoms with van der Waals surface area (Å²) in [4.78, 5) is 36.2. The molecule has 0 unspecified atom stereocenters. The van der Waals surface area contributed by atoms with Crippen molar-refractivity contribution in [1.82, 2.24) is 19.8 Å². The number of nitrogens with zero attached hydrogens (tertiary/aromatic N) is 3. The molecule has 0 saturated carbocycles. The molecule has 6 nitrogen and oxygen atoms in total. The molecule has 0 aliphatic carbocycles. The smallest absolute Gasteiger partial charge is 0.253 e. The number of amides is 2. The zero-order valence-electron chi connectivity index (χ0n) is 15.9. The van der Waals surface area contributed by atoms with E-state index in [-0.39, 0.29) is 17.2 Å². The van der Waals surface area contributed by atoms with Crippen molar-refractivity contribution >= 4 is 11.8 Å². The first-order valence-corrected chi connectivity index (χ1v) is 9.85. The van der Waals surface area contributed by atoms with E-state index in [1.165, 1.54) is 12.1 Å². The summed E-state index contributed by atoms with van der Waals surface area (Å²) in [6, 6.07) is 5.87. The molecule has 1 aromatic heterocycles. The number of carbonyl (C=O) groups excluding carboxylic acids is 2. The van der Waals surface area contributed by atoms with Gasteiger partial charge in [-0.25, -0.2) is 9.37 Å². The molecule has 2 saturated heterocycles. The van der Waals surface area contributed by atoms with E-state index >= 15 is 0 Å². The predicted molar refractivity (Wildman–Crippen MR) is 102 cm³/mol. The molecule has 2 amide bonds. The lowest BCUT2D eigenvalue weighted by molar-refractivity contribution is -0.138. The van der Waals surface area contributed by atoms with E-state index in [1.807, 2.05) is 9.80 Å². The lowest BCUT2D eigenvalue weighted by Gasteiger charge is -2.48. The highest BCUT2D eigenvalue weighted by Crippen LogP contribution is 2.39. The zero-order chi connectivity index (χ0) is 19.6. The third kappa shape index (κ3) is 3.93. The lowest BCUT2D eigenvalue weighted by atomic mass is 9.73. The number of hydrogen-bond acceptors (Lipinski definition) is 3. The van der Waals surface area contributed by atoms with Crippen LogP contribution in [-0.4, -0.2) is 57.8 Å². The van der Waals surface area contributed by atoms with Gasteiger partial charge in [-0.05, 0) is 37.5 Å². The fourth-order valence-electron chi connectivity index (χ4n) is 4.50. The number of H-pyrrole nitrogens is 1. The molecule has 1 N–H and O–H groups in total. The quantitative estimate of drug-likeness (QED) is 0.881. The fraction of sp³-hybridized carbons (Fsp3) is 0.476. The van der Waals surface area contributed by atoms with E-state index in [1.54, 1.807) is 24.7 Å². The van der Waals surface area contributed by atoms with E-state index in [9.17, 15) is 14.0 Å². The van der Waals surface area contributed by atoms with Crippen LogP contribution in [0.15, 0.2) is 36.8 Å². The van der Waals surface area contributed by atoms with Crippen molar-refractivity contribution in [3.8, 4) is 0 Å². The Bertz CT molecular complexity index is 854. The van der Waals surface area contributed by atoms with Gasteiger partial charge in [-0.1, -0.05) is 6.07 Å². The molecule has 2 aromatic rings. The number of piperidine rings is 2. The summed E-state index contributed by atoms with van der Waals surface area (Å²) >= 11 is 0. The number of rotatable bonds is 4. The van der Waals surface area contributed by atoms with Crippen LogP contribution in [0.5, 0.6) is 0 Å². The molecule has 28 heavy (non-hydrogen) atoms. The Balaban J connectivity index is 1.44. The van der Waals surface area contributed by atoms with E-state index < -0.39 is 5.82 Å². The molecular formula is C21H25FN4O2. The van der Waals surface area contributed by atoms with Crippen LogP contribution in [0.4, 0.5) is 4.39 Å². The molecule has 0 radical (unpaired) electrons. The summed E-state index contributed by atoms with van der Waals surface area (Å²) < 4.78 is 13.5. The van der Waals surface area contributed by atoms with Crippen LogP contribution in [-0.2, 0) is 11.2 Å². The first-order chi connectivity index (χ1) is 13.5. The Morgan fingerprint density at radius 3 is 2.96 bits per heavy atom. The maximum absolute atomic E-state index is 13.5. The van der Waals surface area contributed by atoms with Gasteiger partial charge in [0.05, 0.1) is 6.33 Å². The molecule has 2 aliphatic rings. The van der Waals surface area contributed by atoms with Gasteiger partial charge in [0.2, 0.25) is 5.91 Å². The minimum absolute atomic E-state index is 0.0663. The van der Waals surface area contributed by atoms with Gasteiger partial charge in [0, 0.05) is 61.9 Å². The van der Waals surface area contributed by atoms with E-state index in [0.29, 0.717) is 38.2 Å². The predicted octanol–water partition coefficient (Wildman–Crippen LogP) is 2.64. The highest BCUT2D eigenvalue weighted by atomic mass is 19.1. The first kappa shape index (κ1) is 18.7. The van der Waals surface area contributed by atoms with E-state index in [2.05, 4.69) is 9.97 Å². The third-order valence-corrected chi connectivity index (χ3v) is 5.97. The van der Waals surface area contributed by atoms with Gasteiger partial charge in [-0.3, -0.25) is 9.59 Å². The van der Waals surface area contributed by atoms with Crippen molar-refractivity contribution in [3.63, 3.8) is 0 Å². The average Bonchev–Trinajstić information content (AvgIpc) is 3.22. The summed E-state index contributed by atoms with van der Waals surface area (Å²) in [5.74, 6) is -0.343. The minimum atomic E-state index is -0.397. The number of carbonyl (C=O) groups is 2. The fourth-order valence-corrected chi connectivity index (χ4v) is 4.50. The largest absolute Gasteiger partial charge is 0.348 e. The number of nitrogens with one attached hydrogen (secondary N) is 1. The van der Waals surface area contributed by atoms with Crippen LogP contribution >= 0.6 is 0 Å². The number of imidazole rings is 1. The molecule has 148 valence electrons. The molecule has 4 rings (SSSR count). The van der Waals surface area contributed by atoms with Gasteiger partial charge in [-0.15, -0.1) is 0 Å². The van der Waals surface area contributed by atoms with Crippen molar-refractivity contribution in [3.05, 3.63) is 53.9 Å². The van der Waals surface area contributed by atoms with E-state index in [4.69, 9.17) is 0 Å². The van der Waals surface area contributed by atoms with E-state index in [0.717, 1.165) is 31.4 Å². The Labute approximate surface area is 163 Å². The Hall–Kier alpha value is -2.70. The van der Waals surface area contributed by atoms with Crippen LogP contribution < -0.4 is 0 Å². The number of aromatic nitrogens is 2. The van der Waals surface area contributed by atoms with Crippen molar-refractivity contribution in [2.24, 2.45) is 5.41 Å². The number of hydrogen-bond donors (Lipinski definition) is 1. The van der Waals surface area contributed by atoms with Crippen LogP contribution in [0.25, 0.3) is 0 Å². The van der Waals surface area contributed by atoms with Crippen LogP contribution in [0.2, 0.25) is 0 Å². The molecule has 7 heteroatoms. The van der Waals surface area contributed by atoms with Gasteiger partial charge in [0.1, 0.15) is 5.82 Å². The Morgan fingerprint density at radius 1 is 1.29 bits per heavy atom. The topological polar surface area (TPSA) is 69.3 Å². The first-order valence-electron chi connectivity index (χ1n) is 9.85. The number of halogens is 1. The highest BCUT2D eigenvalue weighted by Gasteiger charge is 2.42. The average molecular weight is 384 g/mol. The molecule has 1 aromatic carbocycles. The normalized spacial score (nSPS) is 22.7. The van der Waals surface area contributed by atoms with Gasteiger partial charge >= 0.3 is 0 Å². The van der Waals surface area contributed by atoms with Crippen LogP contribution in [0, 0.1) is 11.2 Å². The minimum Gasteiger partial charge on any atom is -0.348 e. The van der Waals surface area contributed by atoms with Crippen molar-refractivity contribution < 1.29 is 14.0 Å². The second kappa shape index (κ2) is 7.73. The van der Waals surface area contributed by atoms with Crippen molar-refractivity contribution in [1.29, 1.82) is 0 Å². The summed E-state index contributed by atoms with van der Waals surface area (Å²) in [5.41, 5.74) is 1.34. The molecule has 3 heterocycles. The summed E-state index contributed by atoms with van der Waals surface area (Å²) in [6.07, 6.45) is 7.41. The maximum Gasteiger partial charge on any atom is 0.253 e. The van der Waals surface area contributed by atoms with Gasteiger partial charge in [0.25, 0.3) is 5.91 Å². The van der Waals surface area contributed by atoms with Gasteiger partial charge < -0.3 is 14.8 Å². The van der Waals surface area contributed by atoms with Crippen LogP contribution in [0.3, 0.4) is 0 Å². The SMILES string of the molecule is O=C1CC[C@@]2(CCCN(C(=O)c3cccc(F)c3)C2)CN1CCc1cnc[nH]1. The lowest BCUT2D eigenvalue weighted by Crippen LogP contribution is -2.55. The monoisotopic (exact) mass is 384 g/mol. The molecule has 2 aliphatic heterocycles. The molecule has 1 atom stereocenters. The van der Waals surface area contributed by atoms with Crippen molar-refractivity contribution in [2.75, 3.05) is 26.2 Å². The van der Waals surface area contributed by atoms with Gasteiger partial charge in [-0.2, -0.15) is 0 Å². The zero-order valence-corrected chi connectivity index (χ0v) is 15.9. The Morgan fingerprint density at radius 2 is 2.18 bits per heavy atom. The summed E-state index contributed by atoms with van der Waals surface area (Å²) in [5, 5.41) is 0. The summed E-state index contributed by atoms with van der Waals surface area (Å²) in [7, 11) is 0. The van der Waals surface area contributed by atoms with Crippen molar-refractivity contribution in [2.45, 2.75) is 32.1 Å². The number of aromatic amines is 1. The molecule has 1 spiro atoms. The second-order valence-electron chi connectivity index (χ2n) is 7.98. The molecular weight excluding hydrogens is 359 g/mol. The Kier molecular flexibility index (Phi) is 5.15. The highest BCUT2D eigenvalue weighted by molar-refractivity contribution is 5.94. The third-order valence-electron chi connectivity index (χ3n) is 5.97. The maximum atomic E-state index is 13.5. The second-order valence-corrected chi connectivity index (χ2v) is 7.98. The molecule has 2 fully saturated rings. The summed E-state index contributed by atoms with van der Waals surface area (Å²) in [6.45, 7) is 2.63. The number of likely N-dealkylation sites (tertiary alicyclic amines) is 2. The number of benzene rings is 1. The van der Waals surface area contributed by atoms with Gasteiger partial charge in [0.15, 0.2) is 0 Å². The standard InChI is InChI=1S/C21H25FN4O2/c22-17-4-1-3-16(11-17)20(28)26-9-2-7-21(14-26)8-5-19(27)25(13-21)10-6-18-12-23-15-24-18/h1,3-4,11-12,15H,2,5-10,13-14H2,(H,23,24)/t21-/m0/s1. The van der Waals surface area contributed by atoms with Crippen LogP contribution in [0.1, 0.15) is 41.7 Å². The molecule has 0 bridgehead atoms.